The van der Waals surface area contributed by atoms with Crippen molar-refractivity contribution in [3.8, 4) is 5.75 Å². The average Bonchev–Trinajstić information content (AvgIpc) is 2.26. The van der Waals surface area contributed by atoms with Crippen LogP contribution in [0.3, 0.4) is 0 Å². The number of ether oxygens (including phenoxy) is 1. The molecule has 0 spiro atoms. The molecule has 1 N–H and O–H groups in total. The monoisotopic (exact) mass is 261 g/mol. The van der Waals surface area contributed by atoms with Crippen LogP contribution in [-0.4, -0.2) is 12.6 Å². The van der Waals surface area contributed by atoms with Crippen LogP contribution in [-0.2, 0) is 0 Å². The van der Waals surface area contributed by atoms with Crippen molar-refractivity contribution in [1.29, 1.82) is 0 Å². The highest BCUT2D eigenvalue weighted by Gasteiger charge is 2.32. The number of fused-ring (bicyclic) bond motifs is 1. The maximum Gasteiger partial charge on any atom is 0.120 e. The molecule has 1 aromatic carbocycles. The zero-order valence-electron chi connectivity index (χ0n) is 13.1. The molecule has 0 aromatic heterocycles. The van der Waals surface area contributed by atoms with E-state index in [0.29, 0.717) is 12.0 Å². The summed E-state index contributed by atoms with van der Waals surface area (Å²) in [6.45, 7) is 14.4. The quantitative estimate of drug-likeness (QED) is 0.858. The summed E-state index contributed by atoms with van der Waals surface area (Å²) in [5.74, 6) is 1.56. The lowest BCUT2D eigenvalue weighted by atomic mass is 9.76. The fourth-order valence-corrected chi connectivity index (χ4v) is 2.88. The molecule has 19 heavy (non-hydrogen) atoms. The standard InChI is InChI=1S/C17H27NO/c1-11(2)19-13-7-8-14-12(3)10-18-16(15(14)9-13)17(4,5)6/h7-9,11-12,16,18H,10H2,1-6H3. The lowest BCUT2D eigenvalue weighted by molar-refractivity contribution is 0.236. The van der Waals surface area contributed by atoms with Gasteiger partial charge in [-0.2, -0.15) is 0 Å². The van der Waals surface area contributed by atoms with Crippen molar-refractivity contribution in [1.82, 2.24) is 5.32 Å². The summed E-state index contributed by atoms with van der Waals surface area (Å²) < 4.78 is 5.85. The summed E-state index contributed by atoms with van der Waals surface area (Å²) >= 11 is 0. The molecule has 1 aliphatic rings. The molecule has 1 aromatic rings. The van der Waals surface area contributed by atoms with Crippen molar-refractivity contribution in [3.63, 3.8) is 0 Å². The van der Waals surface area contributed by atoms with Gasteiger partial charge in [0.1, 0.15) is 5.75 Å². The van der Waals surface area contributed by atoms with Gasteiger partial charge in [-0.15, -0.1) is 0 Å². The van der Waals surface area contributed by atoms with Gasteiger partial charge in [-0.3, -0.25) is 0 Å². The summed E-state index contributed by atoms with van der Waals surface area (Å²) in [6, 6.07) is 6.99. The van der Waals surface area contributed by atoms with Crippen LogP contribution in [0.4, 0.5) is 0 Å². The molecule has 1 aliphatic heterocycles. The van der Waals surface area contributed by atoms with Crippen molar-refractivity contribution >= 4 is 0 Å². The Balaban J connectivity index is 2.41. The molecule has 2 atom stereocenters. The Morgan fingerprint density at radius 3 is 2.47 bits per heavy atom. The van der Waals surface area contributed by atoms with Crippen LogP contribution in [0.25, 0.3) is 0 Å². The van der Waals surface area contributed by atoms with Crippen molar-refractivity contribution in [2.45, 2.75) is 59.6 Å². The molecular formula is C17H27NO. The molecular weight excluding hydrogens is 234 g/mol. The van der Waals surface area contributed by atoms with Crippen LogP contribution in [0.1, 0.15) is 64.6 Å². The normalized spacial score (nSPS) is 23.3. The van der Waals surface area contributed by atoms with Crippen LogP contribution >= 0.6 is 0 Å². The smallest absolute Gasteiger partial charge is 0.120 e. The van der Waals surface area contributed by atoms with E-state index in [9.17, 15) is 0 Å². The number of hydrogen-bond acceptors (Lipinski definition) is 2. The van der Waals surface area contributed by atoms with E-state index in [4.69, 9.17) is 4.74 Å². The van der Waals surface area contributed by atoms with E-state index in [-0.39, 0.29) is 11.5 Å². The van der Waals surface area contributed by atoms with Crippen molar-refractivity contribution < 1.29 is 4.74 Å². The molecule has 106 valence electrons. The minimum absolute atomic E-state index is 0.214. The van der Waals surface area contributed by atoms with Gasteiger partial charge in [0.25, 0.3) is 0 Å². The van der Waals surface area contributed by atoms with E-state index in [0.717, 1.165) is 12.3 Å². The van der Waals surface area contributed by atoms with Crippen molar-refractivity contribution in [2.24, 2.45) is 5.41 Å². The van der Waals surface area contributed by atoms with Crippen molar-refractivity contribution in [2.75, 3.05) is 6.54 Å². The Hall–Kier alpha value is -1.02. The first-order chi connectivity index (χ1) is 8.79. The molecule has 0 aliphatic carbocycles. The van der Waals surface area contributed by atoms with E-state index in [1.807, 2.05) is 0 Å². The third kappa shape index (κ3) is 3.11. The zero-order valence-corrected chi connectivity index (χ0v) is 13.1. The first kappa shape index (κ1) is 14.4. The summed E-state index contributed by atoms with van der Waals surface area (Å²) in [5, 5.41) is 3.69. The minimum Gasteiger partial charge on any atom is -0.491 e. The lowest BCUT2D eigenvalue weighted by Crippen LogP contribution is -2.39. The molecule has 0 fully saturated rings. The third-order valence-corrected chi connectivity index (χ3v) is 3.77. The summed E-state index contributed by atoms with van der Waals surface area (Å²) in [5.41, 5.74) is 3.09. The van der Waals surface area contributed by atoms with E-state index in [1.54, 1.807) is 0 Å². The molecule has 2 nitrogen and oxygen atoms in total. The number of nitrogens with one attached hydrogen (secondary N) is 1. The molecule has 0 saturated carbocycles. The van der Waals surface area contributed by atoms with Gasteiger partial charge in [-0.1, -0.05) is 33.8 Å². The summed E-state index contributed by atoms with van der Waals surface area (Å²) in [6.07, 6.45) is 0.222. The maximum atomic E-state index is 5.85. The second kappa shape index (κ2) is 5.16. The summed E-state index contributed by atoms with van der Waals surface area (Å²) in [4.78, 5) is 0. The second-order valence-corrected chi connectivity index (χ2v) is 7.07. The highest BCUT2D eigenvalue weighted by Crippen LogP contribution is 2.41. The van der Waals surface area contributed by atoms with E-state index in [2.05, 4.69) is 65.1 Å². The predicted molar refractivity (Wildman–Crippen MR) is 80.8 cm³/mol. The van der Waals surface area contributed by atoms with Crippen molar-refractivity contribution in [3.05, 3.63) is 29.3 Å². The largest absolute Gasteiger partial charge is 0.491 e. The van der Waals surface area contributed by atoms with Crippen LogP contribution in [0, 0.1) is 5.41 Å². The molecule has 1 heterocycles. The molecule has 2 heteroatoms. The average molecular weight is 261 g/mol. The molecule has 0 bridgehead atoms. The minimum atomic E-state index is 0.214. The molecule has 0 amide bonds. The van der Waals surface area contributed by atoms with Crippen LogP contribution < -0.4 is 10.1 Å². The van der Waals surface area contributed by atoms with E-state index >= 15 is 0 Å². The number of rotatable bonds is 2. The molecule has 0 radical (unpaired) electrons. The Labute approximate surface area is 117 Å². The SMILES string of the molecule is CC(C)Oc1ccc2c(c1)C(C(C)(C)C)NCC2C. The Morgan fingerprint density at radius 1 is 1.21 bits per heavy atom. The fourth-order valence-electron chi connectivity index (χ4n) is 2.88. The van der Waals surface area contributed by atoms with Gasteiger partial charge in [-0.25, -0.2) is 0 Å². The first-order valence-corrected chi connectivity index (χ1v) is 7.33. The van der Waals surface area contributed by atoms with Crippen LogP contribution in [0.15, 0.2) is 18.2 Å². The van der Waals surface area contributed by atoms with E-state index in [1.165, 1.54) is 11.1 Å². The topological polar surface area (TPSA) is 21.3 Å². The van der Waals surface area contributed by atoms with Gasteiger partial charge in [-0.05, 0) is 48.4 Å². The van der Waals surface area contributed by atoms with Gasteiger partial charge in [0.2, 0.25) is 0 Å². The predicted octanol–water partition coefficient (Wildman–Crippen LogP) is 4.27. The second-order valence-electron chi connectivity index (χ2n) is 7.07. The Kier molecular flexibility index (Phi) is 3.91. The molecule has 0 saturated heterocycles. The van der Waals surface area contributed by atoms with Gasteiger partial charge >= 0.3 is 0 Å². The third-order valence-electron chi connectivity index (χ3n) is 3.77. The molecule has 2 unspecified atom stereocenters. The molecule has 2 rings (SSSR count). The van der Waals surface area contributed by atoms with Gasteiger partial charge in [0.15, 0.2) is 0 Å². The maximum absolute atomic E-state index is 5.85. The highest BCUT2D eigenvalue weighted by atomic mass is 16.5. The van der Waals surface area contributed by atoms with Crippen LogP contribution in [0.5, 0.6) is 5.75 Å². The van der Waals surface area contributed by atoms with Crippen LogP contribution in [0.2, 0.25) is 0 Å². The van der Waals surface area contributed by atoms with Gasteiger partial charge < -0.3 is 10.1 Å². The lowest BCUT2D eigenvalue weighted by Gasteiger charge is -2.39. The highest BCUT2D eigenvalue weighted by molar-refractivity contribution is 5.42. The Morgan fingerprint density at radius 2 is 1.89 bits per heavy atom. The number of hydrogen-bond donors (Lipinski definition) is 1. The fraction of sp³-hybridized carbons (Fsp3) is 0.647. The Bertz CT molecular complexity index is 445. The first-order valence-electron chi connectivity index (χ1n) is 7.33. The van der Waals surface area contributed by atoms with Gasteiger partial charge in [0, 0.05) is 12.6 Å². The zero-order chi connectivity index (χ0) is 14.2. The summed E-state index contributed by atoms with van der Waals surface area (Å²) in [7, 11) is 0. The van der Waals surface area contributed by atoms with Gasteiger partial charge in [0.05, 0.1) is 6.10 Å². The number of benzene rings is 1. The van der Waals surface area contributed by atoms with E-state index < -0.39 is 0 Å².